The predicted octanol–water partition coefficient (Wildman–Crippen LogP) is 4.66. The summed E-state index contributed by atoms with van der Waals surface area (Å²) in [6, 6.07) is 14.7. The molecule has 0 saturated carbocycles. The highest BCUT2D eigenvalue weighted by molar-refractivity contribution is 7.18. The molecular weight excluding hydrogens is 385 g/mol. The molecule has 2 heterocycles. The van der Waals surface area contributed by atoms with E-state index in [9.17, 15) is 9.18 Å². The molecule has 0 spiro atoms. The van der Waals surface area contributed by atoms with Crippen molar-refractivity contribution in [3.63, 3.8) is 0 Å². The van der Waals surface area contributed by atoms with Gasteiger partial charge in [-0.05, 0) is 56.1 Å². The van der Waals surface area contributed by atoms with Gasteiger partial charge in [0.15, 0.2) is 0 Å². The van der Waals surface area contributed by atoms with E-state index < -0.39 is 0 Å². The number of rotatable bonds is 6. The fourth-order valence-electron chi connectivity index (χ4n) is 3.99. The summed E-state index contributed by atoms with van der Waals surface area (Å²) in [5.74, 6) is 0.217. The lowest BCUT2D eigenvalue weighted by molar-refractivity contribution is -0.133. The molecule has 1 aliphatic rings. The summed E-state index contributed by atoms with van der Waals surface area (Å²) in [6.45, 7) is 5.24. The molecule has 6 heteroatoms. The Labute approximate surface area is 175 Å². The third kappa shape index (κ3) is 4.82. The maximum absolute atomic E-state index is 13.5. The second kappa shape index (κ2) is 9.01. The van der Waals surface area contributed by atoms with Crippen molar-refractivity contribution in [2.24, 2.45) is 0 Å². The summed E-state index contributed by atoms with van der Waals surface area (Å²) in [5, 5.41) is 1.18. The van der Waals surface area contributed by atoms with Gasteiger partial charge in [0, 0.05) is 25.6 Å². The number of hydrogen-bond donors (Lipinski definition) is 0. The monoisotopic (exact) mass is 411 g/mol. The van der Waals surface area contributed by atoms with Crippen molar-refractivity contribution in [3.8, 4) is 0 Å². The van der Waals surface area contributed by atoms with E-state index in [1.807, 2.05) is 25.1 Å². The number of aromatic nitrogens is 1. The van der Waals surface area contributed by atoms with E-state index >= 15 is 0 Å². The minimum absolute atomic E-state index is 0.0988. The Bertz CT molecular complexity index is 956. The smallest absolute Gasteiger partial charge is 0.237 e. The van der Waals surface area contributed by atoms with Crippen LogP contribution in [0.5, 0.6) is 0 Å². The van der Waals surface area contributed by atoms with Crippen LogP contribution in [0.1, 0.15) is 36.3 Å². The Kier molecular flexibility index (Phi) is 6.21. The maximum Gasteiger partial charge on any atom is 0.237 e. The topological polar surface area (TPSA) is 36.4 Å². The third-order valence-electron chi connectivity index (χ3n) is 5.52. The van der Waals surface area contributed by atoms with Crippen LogP contribution in [0.4, 0.5) is 4.39 Å². The Morgan fingerprint density at radius 1 is 1.28 bits per heavy atom. The molecule has 29 heavy (non-hydrogen) atoms. The number of likely N-dealkylation sites (N-methyl/N-ethyl adjacent to an activating group) is 1. The predicted molar refractivity (Wildman–Crippen MR) is 116 cm³/mol. The first-order chi connectivity index (χ1) is 14.1. The van der Waals surface area contributed by atoms with Gasteiger partial charge in [0.25, 0.3) is 0 Å². The SMILES string of the molecule is CCN(Cc1cccc(F)c1)C(=O)CN1CCC[C@@H](c2nc3ccccc3s2)C1. The minimum Gasteiger partial charge on any atom is -0.338 e. The second-order valence-electron chi connectivity index (χ2n) is 7.63. The lowest BCUT2D eigenvalue weighted by atomic mass is 9.98. The summed E-state index contributed by atoms with van der Waals surface area (Å²) in [6.07, 6.45) is 2.19. The lowest BCUT2D eigenvalue weighted by Gasteiger charge is -2.33. The fraction of sp³-hybridized carbons (Fsp3) is 0.391. The number of nitrogens with zero attached hydrogens (tertiary/aromatic N) is 3. The molecular formula is C23H26FN3OS. The average Bonchev–Trinajstić information content (AvgIpc) is 3.16. The molecule has 0 bridgehead atoms. The molecule has 1 aromatic heterocycles. The summed E-state index contributed by atoms with van der Waals surface area (Å²) >= 11 is 1.77. The van der Waals surface area contributed by atoms with Crippen molar-refractivity contribution in [1.29, 1.82) is 0 Å². The van der Waals surface area contributed by atoms with Crippen molar-refractivity contribution in [1.82, 2.24) is 14.8 Å². The van der Waals surface area contributed by atoms with Crippen LogP contribution in [0.3, 0.4) is 0 Å². The third-order valence-corrected chi connectivity index (χ3v) is 6.72. The molecule has 3 aromatic rings. The maximum atomic E-state index is 13.5. The van der Waals surface area contributed by atoms with E-state index in [1.165, 1.54) is 21.8 Å². The lowest BCUT2D eigenvalue weighted by Crippen LogP contribution is -2.43. The molecule has 1 saturated heterocycles. The van der Waals surface area contributed by atoms with Gasteiger partial charge < -0.3 is 4.90 Å². The first kappa shape index (κ1) is 20.0. The molecule has 4 rings (SSSR count). The van der Waals surface area contributed by atoms with E-state index in [2.05, 4.69) is 17.0 Å². The molecule has 0 aliphatic carbocycles. The quantitative estimate of drug-likeness (QED) is 0.592. The van der Waals surface area contributed by atoms with Gasteiger partial charge in [0.2, 0.25) is 5.91 Å². The number of thiazole rings is 1. The van der Waals surface area contributed by atoms with E-state index in [-0.39, 0.29) is 11.7 Å². The number of halogens is 1. The molecule has 1 amide bonds. The highest BCUT2D eigenvalue weighted by Gasteiger charge is 2.26. The minimum atomic E-state index is -0.263. The standard InChI is InChI=1S/C23H26FN3OS/c1-2-27(14-17-7-5-9-19(24)13-17)22(28)16-26-12-6-8-18(15-26)23-25-20-10-3-4-11-21(20)29-23/h3-5,7,9-11,13,18H,2,6,8,12,14-16H2,1H3/t18-/m1/s1. The fourth-order valence-corrected chi connectivity index (χ4v) is 5.08. The second-order valence-corrected chi connectivity index (χ2v) is 8.69. The van der Waals surface area contributed by atoms with Crippen LogP contribution in [0.25, 0.3) is 10.2 Å². The number of carbonyl (C=O) groups is 1. The number of amides is 1. The number of hydrogen-bond acceptors (Lipinski definition) is 4. The summed E-state index contributed by atoms with van der Waals surface area (Å²) in [5.41, 5.74) is 1.89. The van der Waals surface area contributed by atoms with Crippen LogP contribution in [0.2, 0.25) is 0 Å². The number of carbonyl (C=O) groups excluding carboxylic acids is 1. The first-order valence-electron chi connectivity index (χ1n) is 10.2. The van der Waals surface area contributed by atoms with Crippen LogP contribution in [0, 0.1) is 5.82 Å². The molecule has 1 fully saturated rings. The number of likely N-dealkylation sites (tertiary alicyclic amines) is 1. The van der Waals surface area contributed by atoms with E-state index in [0.717, 1.165) is 37.0 Å². The number of fused-ring (bicyclic) bond motifs is 1. The van der Waals surface area contributed by atoms with Gasteiger partial charge in [-0.2, -0.15) is 0 Å². The van der Waals surface area contributed by atoms with Gasteiger partial charge in [0.1, 0.15) is 5.82 Å². The van der Waals surface area contributed by atoms with Gasteiger partial charge in [-0.15, -0.1) is 11.3 Å². The van der Waals surface area contributed by atoms with Crippen molar-refractivity contribution < 1.29 is 9.18 Å². The Morgan fingerprint density at radius 2 is 2.14 bits per heavy atom. The van der Waals surface area contributed by atoms with Crippen LogP contribution >= 0.6 is 11.3 Å². The van der Waals surface area contributed by atoms with Crippen LogP contribution in [0.15, 0.2) is 48.5 Å². The molecule has 0 radical (unpaired) electrons. The Morgan fingerprint density at radius 3 is 2.93 bits per heavy atom. The number of piperidine rings is 1. The highest BCUT2D eigenvalue weighted by Crippen LogP contribution is 2.32. The molecule has 4 nitrogen and oxygen atoms in total. The van der Waals surface area contributed by atoms with Crippen molar-refractivity contribution in [2.45, 2.75) is 32.2 Å². The largest absolute Gasteiger partial charge is 0.338 e. The van der Waals surface area contributed by atoms with Crippen molar-refractivity contribution in [2.75, 3.05) is 26.2 Å². The van der Waals surface area contributed by atoms with Crippen LogP contribution < -0.4 is 0 Å². The zero-order valence-corrected chi connectivity index (χ0v) is 17.5. The molecule has 1 aliphatic heterocycles. The van der Waals surface area contributed by atoms with Gasteiger partial charge >= 0.3 is 0 Å². The summed E-state index contributed by atoms with van der Waals surface area (Å²) in [4.78, 5) is 21.8. The van der Waals surface area contributed by atoms with E-state index in [1.54, 1.807) is 22.3 Å². The molecule has 2 aromatic carbocycles. The van der Waals surface area contributed by atoms with Gasteiger partial charge in [-0.1, -0.05) is 24.3 Å². The van der Waals surface area contributed by atoms with Gasteiger partial charge in [-0.3, -0.25) is 9.69 Å². The van der Waals surface area contributed by atoms with Crippen LogP contribution in [-0.2, 0) is 11.3 Å². The zero-order valence-electron chi connectivity index (χ0n) is 16.7. The first-order valence-corrected chi connectivity index (χ1v) is 11.0. The average molecular weight is 412 g/mol. The van der Waals surface area contributed by atoms with Crippen molar-refractivity contribution >= 4 is 27.5 Å². The Hall–Kier alpha value is -2.31. The van der Waals surface area contributed by atoms with E-state index in [4.69, 9.17) is 4.98 Å². The van der Waals surface area contributed by atoms with Gasteiger partial charge in [0.05, 0.1) is 21.8 Å². The molecule has 0 N–H and O–H groups in total. The van der Waals surface area contributed by atoms with E-state index in [0.29, 0.717) is 25.6 Å². The zero-order chi connectivity index (χ0) is 20.2. The van der Waals surface area contributed by atoms with Gasteiger partial charge in [-0.25, -0.2) is 9.37 Å². The number of benzene rings is 2. The Balaban J connectivity index is 1.39. The summed E-state index contributed by atoms with van der Waals surface area (Å²) in [7, 11) is 0. The highest BCUT2D eigenvalue weighted by atomic mass is 32.1. The normalized spacial score (nSPS) is 17.5. The van der Waals surface area contributed by atoms with Crippen molar-refractivity contribution in [3.05, 3.63) is 64.9 Å². The molecule has 0 unspecified atom stereocenters. The molecule has 1 atom stereocenters. The molecule has 152 valence electrons. The summed E-state index contributed by atoms with van der Waals surface area (Å²) < 4.78 is 14.7. The van der Waals surface area contributed by atoms with Crippen LogP contribution in [-0.4, -0.2) is 46.9 Å². The number of para-hydroxylation sites is 1.